The molecule has 0 fully saturated rings. The smallest absolute Gasteiger partial charge is 0.307 e. The van der Waals surface area contributed by atoms with Crippen molar-refractivity contribution in [2.24, 2.45) is 5.10 Å². The van der Waals surface area contributed by atoms with Gasteiger partial charge in [-0.2, -0.15) is 5.10 Å². The molecule has 3 aromatic rings. The molecule has 0 aliphatic carbocycles. The molecular formula is C16H14N4O3. The summed E-state index contributed by atoms with van der Waals surface area (Å²) in [6, 6.07) is 12.1. The molecule has 23 heavy (non-hydrogen) atoms. The molecule has 7 nitrogen and oxygen atoms in total. The number of carbonyl (C=O) groups excluding carboxylic acids is 1. The number of carbonyl (C=O) groups is 1. The van der Waals surface area contributed by atoms with Gasteiger partial charge >= 0.3 is 5.91 Å². The maximum Gasteiger partial charge on any atom is 0.307 e. The van der Waals surface area contributed by atoms with Crippen LogP contribution in [-0.2, 0) is 0 Å². The van der Waals surface area contributed by atoms with Crippen molar-refractivity contribution in [1.29, 1.82) is 0 Å². The number of hydrogen-bond acceptors (Lipinski definition) is 5. The molecule has 7 heteroatoms. The van der Waals surface area contributed by atoms with Crippen LogP contribution < -0.4 is 10.2 Å². The van der Waals surface area contributed by atoms with Crippen LogP contribution in [0, 0.1) is 0 Å². The van der Waals surface area contributed by atoms with Gasteiger partial charge in [0.05, 0.1) is 24.4 Å². The number of fused-ring (bicyclic) bond motifs is 1. The number of aromatic amines is 1. The second-order valence-corrected chi connectivity index (χ2v) is 4.73. The number of hydrogen-bond donors (Lipinski definition) is 3. The number of methoxy groups -OCH3 is 1. The van der Waals surface area contributed by atoms with E-state index in [1.54, 1.807) is 12.1 Å². The summed E-state index contributed by atoms with van der Waals surface area (Å²) in [6.45, 7) is 0. The number of rotatable bonds is 4. The number of H-pyrrole nitrogens is 1. The number of ether oxygens (including phenoxy) is 1. The fraction of sp³-hybridized carbons (Fsp3) is 0.0625. The molecule has 3 rings (SSSR count). The van der Waals surface area contributed by atoms with Gasteiger partial charge in [-0.05, 0) is 35.9 Å². The average molecular weight is 310 g/mol. The fourth-order valence-electron chi connectivity index (χ4n) is 2.07. The highest BCUT2D eigenvalue weighted by atomic mass is 16.5. The summed E-state index contributed by atoms with van der Waals surface area (Å²) in [5.74, 6) is 0.102. The SMILES string of the molecule is COc1ccc(/C=N/NC(=O)c2nc3ccccc3[nH]2)cc1O. The van der Waals surface area contributed by atoms with Crippen molar-refractivity contribution in [3.8, 4) is 11.5 Å². The molecule has 0 aliphatic heterocycles. The Morgan fingerprint density at radius 3 is 2.91 bits per heavy atom. The highest BCUT2D eigenvalue weighted by molar-refractivity contribution is 5.94. The standard InChI is InChI=1S/C16H14N4O3/c1-23-14-7-6-10(8-13(14)21)9-17-20-16(22)15-18-11-4-2-3-5-12(11)19-15/h2-9,21H,1H3,(H,18,19)(H,20,22)/b17-9+. The zero-order valence-electron chi connectivity index (χ0n) is 12.3. The minimum absolute atomic E-state index is 0.0000562. The van der Waals surface area contributed by atoms with Crippen molar-refractivity contribution < 1.29 is 14.6 Å². The van der Waals surface area contributed by atoms with Gasteiger partial charge in [-0.25, -0.2) is 10.4 Å². The third-order valence-electron chi connectivity index (χ3n) is 3.19. The minimum Gasteiger partial charge on any atom is -0.504 e. The first-order chi connectivity index (χ1) is 11.2. The monoisotopic (exact) mass is 310 g/mol. The van der Waals surface area contributed by atoms with E-state index in [4.69, 9.17) is 4.74 Å². The first-order valence-electron chi connectivity index (χ1n) is 6.82. The Morgan fingerprint density at radius 2 is 2.17 bits per heavy atom. The first kappa shape index (κ1) is 14.6. The Hall–Kier alpha value is -3.35. The third-order valence-corrected chi connectivity index (χ3v) is 3.19. The van der Waals surface area contributed by atoms with Crippen LogP contribution in [0.1, 0.15) is 16.2 Å². The number of aromatic nitrogens is 2. The van der Waals surface area contributed by atoms with Gasteiger partial charge in [0.1, 0.15) is 0 Å². The Balaban J connectivity index is 1.69. The highest BCUT2D eigenvalue weighted by Gasteiger charge is 2.10. The molecule has 0 radical (unpaired) electrons. The molecule has 0 atom stereocenters. The number of aromatic hydroxyl groups is 1. The molecule has 1 aromatic heterocycles. The van der Waals surface area contributed by atoms with Crippen LogP contribution in [0.4, 0.5) is 0 Å². The Morgan fingerprint density at radius 1 is 1.35 bits per heavy atom. The molecule has 1 amide bonds. The summed E-state index contributed by atoms with van der Waals surface area (Å²) in [5, 5.41) is 13.5. The normalized spacial score (nSPS) is 11.0. The lowest BCUT2D eigenvalue weighted by atomic mass is 10.2. The van der Waals surface area contributed by atoms with Crippen LogP contribution in [0.25, 0.3) is 11.0 Å². The predicted octanol–water partition coefficient (Wildman–Crippen LogP) is 2.04. The Bertz CT molecular complexity index is 853. The van der Waals surface area contributed by atoms with Crippen LogP contribution in [0.3, 0.4) is 0 Å². The number of phenols is 1. The molecule has 0 spiro atoms. The van der Waals surface area contributed by atoms with Gasteiger partial charge in [0.25, 0.3) is 0 Å². The van der Waals surface area contributed by atoms with Gasteiger partial charge in [0, 0.05) is 0 Å². The van der Waals surface area contributed by atoms with Crippen LogP contribution in [0.15, 0.2) is 47.6 Å². The molecule has 3 N–H and O–H groups in total. The largest absolute Gasteiger partial charge is 0.504 e. The van der Waals surface area contributed by atoms with E-state index in [2.05, 4.69) is 20.5 Å². The van der Waals surface area contributed by atoms with E-state index in [-0.39, 0.29) is 11.6 Å². The topological polar surface area (TPSA) is 99.6 Å². The Kier molecular flexibility index (Phi) is 3.92. The second kappa shape index (κ2) is 6.18. The lowest BCUT2D eigenvalue weighted by Gasteiger charge is -2.03. The Labute approximate surface area is 131 Å². The van der Waals surface area contributed by atoms with Crippen molar-refractivity contribution >= 4 is 23.2 Å². The first-order valence-corrected chi connectivity index (χ1v) is 6.82. The number of hydrazone groups is 1. The van der Waals surface area contributed by atoms with E-state index >= 15 is 0 Å². The fourth-order valence-corrected chi connectivity index (χ4v) is 2.07. The number of phenolic OH excluding ortho intramolecular Hbond substituents is 1. The molecular weight excluding hydrogens is 296 g/mol. The number of para-hydroxylation sites is 2. The minimum atomic E-state index is -0.449. The summed E-state index contributed by atoms with van der Waals surface area (Å²) < 4.78 is 4.95. The molecule has 0 aliphatic rings. The maximum absolute atomic E-state index is 12.0. The maximum atomic E-state index is 12.0. The third kappa shape index (κ3) is 3.13. The van der Waals surface area contributed by atoms with Crippen molar-refractivity contribution in [3.05, 3.63) is 53.9 Å². The van der Waals surface area contributed by atoms with E-state index in [0.717, 1.165) is 5.52 Å². The molecule has 2 aromatic carbocycles. The lowest BCUT2D eigenvalue weighted by molar-refractivity contribution is 0.0946. The van der Waals surface area contributed by atoms with Crippen LogP contribution in [0.2, 0.25) is 0 Å². The van der Waals surface area contributed by atoms with Crippen LogP contribution >= 0.6 is 0 Å². The van der Waals surface area contributed by atoms with Gasteiger partial charge < -0.3 is 14.8 Å². The number of imidazole rings is 1. The number of benzene rings is 2. The molecule has 0 saturated carbocycles. The summed E-state index contributed by atoms with van der Waals surface area (Å²) in [4.78, 5) is 19.1. The zero-order chi connectivity index (χ0) is 16.2. The molecule has 116 valence electrons. The van der Waals surface area contributed by atoms with Crippen molar-refractivity contribution in [2.75, 3.05) is 7.11 Å². The van der Waals surface area contributed by atoms with E-state index in [1.165, 1.54) is 19.4 Å². The summed E-state index contributed by atoms with van der Waals surface area (Å²) >= 11 is 0. The molecule has 0 saturated heterocycles. The highest BCUT2D eigenvalue weighted by Crippen LogP contribution is 2.25. The average Bonchev–Trinajstić information content (AvgIpc) is 2.99. The van der Waals surface area contributed by atoms with Gasteiger partial charge in [-0.15, -0.1) is 0 Å². The molecule has 0 bridgehead atoms. The predicted molar refractivity (Wildman–Crippen MR) is 85.8 cm³/mol. The van der Waals surface area contributed by atoms with Gasteiger partial charge in [0.15, 0.2) is 17.3 Å². The van der Waals surface area contributed by atoms with Crippen molar-refractivity contribution in [2.45, 2.75) is 0 Å². The van der Waals surface area contributed by atoms with E-state index in [1.807, 2.05) is 24.3 Å². The van der Waals surface area contributed by atoms with Gasteiger partial charge in [-0.3, -0.25) is 4.79 Å². The molecule has 1 heterocycles. The number of nitrogens with one attached hydrogen (secondary N) is 2. The van der Waals surface area contributed by atoms with E-state index in [9.17, 15) is 9.90 Å². The second-order valence-electron chi connectivity index (χ2n) is 4.73. The summed E-state index contributed by atoms with van der Waals surface area (Å²) in [5.41, 5.74) is 4.49. The van der Waals surface area contributed by atoms with Gasteiger partial charge in [0.2, 0.25) is 0 Å². The molecule has 0 unspecified atom stereocenters. The summed E-state index contributed by atoms with van der Waals surface area (Å²) in [7, 11) is 1.47. The quantitative estimate of drug-likeness (QED) is 0.507. The van der Waals surface area contributed by atoms with Crippen molar-refractivity contribution in [1.82, 2.24) is 15.4 Å². The van der Waals surface area contributed by atoms with Crippen LogP contribution in [-0.4, -0.2) is 34.3 Å². The van der Waals surface area contributed by atoms with Crippen molar-refractivity contribution in [3.63, 3.8) is 0 Å². The van der Waals surface area contributed by atoms with Gasteiger partial charge in [-0.1, -0.05) is 12.1 Å². The number of nitrogens with zero attached hydrogens (tertiary/aromatic N) is 2. The summed E-state index contributed by atoms with van der Waals surface area (Å²) in [6.07, 6.45) is 1.42. The lowest BCUT2D eigenvalue weighted by Crippen LogP contribution is -2.19. The van der Waals surface area contributed by atoms with E-state index < -0.39 is 5.91 Å². The zero-order valence-corrected chi connectivity index (χ0v) is 12.3. The number of amides is 1. The van der Waals surface area contributed by atoms with E-state index in [0.29, 0.717) is 16.8 Å². The van der Waals surface area contributed by atoms with Crippen LogP contribution in [0.5, 0.6) is 11.5 Å².